The summed E-state index contributed by atoms with van der Waals surface area (Å²) < 4.78 is 131. The Morgan fingerprint density at radius 2 is 1.57 bits per heavy atom. The van der Waals surface area contributed by atoms with Gasteiger partial charge < -0.3 is 14.4 Å². The Morgan fingerprint density at radius 3 is 2.19 bits per heavy atom. The number of anilines is 1. The zero-order valence-corrected chi connectivity index (χ0v) is 25.5. The number of alkyl halides is 6. The summed E-state index contributed by atoms with van der Waals surface area (Å²) in [6.45, 7) is 1.64. The minimum Gasteiger partial charge on any atom is -0.350 e. The molecule has 2 heterocycles. The van der Waals surface area contributed by atoms with Crippen molar-refractivity contribution in [2.24, 2.45) is 0 Å². The maximum Gasteiger partial charge on any atom is 0.416 e. The molecule has 5 rings (SSSR count). The number of morpholine rings is 1. The summed E-state index contributed by atoms with van der Waals surface area (Å²) in [6, 6.07) is 12.2. The van der Waals surface area contributed by atoms with E-state index in [0.29, 0.717) is 17.7 Å². The van der Waals surface area contributed by atoms with Crippen molar-refractivity contribution in [3.63, 3.8) is 0 Å². The van der Waals surface area contributed by atoms with Crippen LogP contribution in [0.3, 0.4) is 0 Å². The molecule has 4 aromatic rings. The lowest BCUT2D eigenvalue weighted by molar-refractivity contribution is -0.168. The van der Waals surface area contributed by atoms with Crippen molar-refractivity contribution in [1.82, 2.24) is 20.2 Å². The lowest BCUT2D eigenvalue weighted by atomic mass is 10.0. The van der Waals surface area contributed by atoms with Gasteiger partial charge in [-0.15, -0.1) is 5.10 Å². The van der Waals surface area contributed by atoms with E-state index in [1.54, 1.807) is 17.0 Å². The average Bonchev–Trinajstić information content (AvgIpc) is 3.49. The van der Waals surface area contributed by atoms with Crippen LogP contribution in [-0.4, -0.2) is 60.4 Å². The van der Waals surface area contributed by atoms with Crippen LogP contribution < -0.4 is 4.90 Å². The second-order valence-electron chi connectivity index (χ2n) is 10.8. The van der Waals surface area contributed by atoms with Crippen molar-refractivity contribution >= 4 is 15.8 Å². The molecular formula is C30H28F7N5O4S. The highest BCUT2D eigenvalue weighted by molar-refractivity contribution is 7.91. The number of tetrazole rings is 1. The van der Waals surface area contributed by atoms with E-state index in [2.05, 4.69) is 15.4 Å². The topological polar surface area (TPSA) is 99.4 Å². The zero-order chi connectivity index (χ0) is 34.0. The molecule has 0 spiro atoms. The maximum absolute atomic E-state index is 13.8. The van der Waals surface area contributed by atoms with Crippen LogP contribution >= 0.6 is 0 Å². The van der Waals surface area contributed by atoms with Gasteiger partial charge in [-0.1, -0.05) is 34.9 Å². The van der Waals surface area contributed by atoms with Crippen LogP contribution in [0.5, 0.6) is 0 Å². The molecule has 1 fully saturated rings. The van der Waals surface area contributed by atoms with Crippen LogP contribution in [0.4, 0.5) is 36.7 Å². The first kappa shape index (κ1) is 34.3. The van der Waals surface area contributed by atoms with Crippen molar-refractivity contribution < 1.29 is 48.6 Å². The largest absolute Gasteiger partial charge is 0.416 e. The van der Waals surface area contributed by atoms with Gasteiger partial charge in [0.1, 0.15) is 11.9 Å². The van der Waals surface area contributed by atoms with Crippen LogP contribution in [0.2, 0.25) is 0 Å². The predicted molar refractivity (Wildman–Crippen MR) is 153 cm³/mol. The summed E-state index contributed by atoms with van der Waals surface area (Å²) in [4.78, 5) is 2.89. The molecule has 47 heavy (non-hydrogen) atoms. The van der Waals surface area contributed by atoms with E-state index < -0.39 is 51.5 Å². The molecule has 9 nitrogen and oxygen atoms in total. The first-order valence-electron chi connectivity index (χ1n) is 14.2. The number of nitrogens with zero attached hydrogens (tertiary/aromatic N) is 5. The van der Waals surface area contributed by atoms with Crippen LogP contribution in [0.1, 0.15) is 33.9 Å². The van der Waals surface area contributed by atoms with Crippen molar-refractivity contribution in [1.29, 1.82) is 0 Å². The van der Waals surface area contributed by atoms with Crippen LogP contribution in [0, 0.1) is 12.7 Å². The molecular weight excluding hydrogens is 659 g/mol. The Hall–Kier alpha value is -4.09. The molecule has 3 aromatic carbocycles. The van der Waals surface area contributed by atoms with Crippen LogP contribution in [0.25, 0.3) is 0 Å². The van der Waals surface area contributed by atoms with Crippen LogP contribution in [0.15, 0.2) is 71.6 Å². The standard InChI is InChI=1S/C30H28F7N5O4S/c1-19-2-8-25(9-3-19)47(43,44)15-12-42-39-28(38-40-42)41-11-14-46-27(26(41)21-4-6-24(31)7-5-21)45-13-10-20-16-22(29(32,33)34)18-23(17-20)30(35,36)37/h2-9,16-18,26-27H,10-15H2,1H3/t26-,27+/m0/s1. The number of rotatable bonds is 10. The van der Waals surface area contributed by atoms with Gasteiger partial charge in [-0.3, -0.25) is 0 Å². The van der Waals surface area contributed by atoms with Gasteiger partial charge in [-0.25, -0.2) is 12.8 Å². The molecule has 17 heteroatoms. The van der Waals surface area contributed by atoms with Gasteiger partial charge in [0.15, 0.2) is 16.1 Å². The molecule has 0 amide bonds. The molecule has 252 valence electrons. The van der Waals surface area contributed by atoms with Gasteiger partial charge in [0, 0.05) is 6.54 Å². The second-order valence-corrected chi connectivity index (χ2v) is 12.9. The summed E-state index contributed by atoms with van der Waals surface area (Å²) >= 11 is 0. The number of sulfone groups is 1. The maximum atomic E-state index is 13.8. The molecule has 1 aliphatic heterocycles. The first-order chi connectivity index (χ1) is 22.1. The Bertz CT molecular complexity index is 1750. The second kappa shape index (κ2) is 13.6. The number of hydrogen-bond acceptors (Lipinski definition) is 8. The van der Waals surface area contributed by atoms with E-state index in [9.17, 15) is 39.2 Å². The highest BCUT2D eigenvalue weighted by atomic mass is 32.2. The number of aryl methyl sites for hydroxylation is 2. The first-order valence-corrected chi connectivity index (χ1v) is 15.9. The predicted octanol–water partition coefficient (Wildman–Crippen LogP) is 5.80. The third-order valence-corrected chi connectivity index (χ3v) is 9.09. The van der Waals surface area contributed by atoms with E-state index in [4.69, 9.17) is 9.47 Å². The summed E-state index contributed by atoms with van der Waals surface area (Å²) in [7, 11) is -3.66. The summed E-state index contributed by atoms with van der Waals surface area (Å²) in [5.74, 6) is -0.775. The SMILES string of the molecule is Cc1ccc(S(=O)(=O)CCn2nnc(N3CCO[C@@H](OCCc4cc(C(F)(F)F)cc(C(F)(F)F)c4)[C@@H]3c3ccc(F)cc3)n2)cc1. The van der Waals surface area contributed by atoms with E-state index in [1.807, 2.05) is 6.92 Å². The fourth-order valence-corrected chi connectivity index (χ4v) is 6.16. The molecule has 0 unspecified atom stereocenters. The van der Waals surface area contributed by atoms with E-state index in [1.165, 1.54) is 36.4 Å². The number of aromatic nitrogens is 4. The minimum atomic E-state index is -4.99. The fraction of sp³-hybridized carbons (Fsp3) is 0.367. The minimum absolute atomic E-state index is 0.0507. The van der Waals surface area contributed by atoms with E-state index in [-0.39, 0.29) is 61.0 Å². The van der Waals surface area contributed by atoms with Gasteiger partial charge in [-0.2, -0.15) is 31.1 Å². The molecule has 2 atom stereocenters. The highest BCUT2D eigenvalue weighted by Gasteiger charge is 2.38. The lowest BCUT2D eigenvalue weighted by Gasteiger charge is -2.40. The third kappa shape index (κ3) is 8.44. The van der Waals surface area contributed by atoms with Gasteiger partial charge in [0.05, 0.1) is 41.5 Å². The van der Waals surface area contributed by atoms with Crippen molar-refractivity contribution in [2.75, 3.05) is 30.4 Å². The molecule has 0 radical (unpaired) electrons. The van der Waals surface area contributed by atoms with Crippen molar-refractivity contribution in [2.45, 2.75) is 49.5 Å². The molecule has 1 aliphatic rings. The number of hydrogen-bond donors (Lipinski definition) is 0. The Morgan fingerprint density at radius 1 is 0.936 bits per heavy atom. The number of ether oxygens (including phenoxy) is 2. The van der Waals surface area contributed by atoms with Crippen LogP contribution in [-0.2, 0) is 44.6 Å². The molecule has 0 bridgehead atoms. The molecule has 1 saturated heterocycles. The molecule has 0 aliphatic carbocycles. The van der Waals surface area contributed by atoms with Gasteiger partial charge in [0.25, 0.3) is 5.95 Å². The Kier molecular flexibility index (Phi) is 9.88. The Balaban J connectivity index is 1.33. The third-order valence-electron chi connectivity index (χ3n) is 7.38. The van der Waals surface area contributed by atoms with Gasteiger partial charge in [0.2, 0.25) is 0 Å². The normalized spacial score (nSPS) is 17.7. The lowest BCUT2D eigenvalue weighted by Crippen LogP contribution is -2.47. The summed E-state index contributed by atoms with van der Waals surface area (Å²) in [5, 5.41) is 12.4. The smallest absolute Gasteiger partial charge is 0.350 e. The zero-order valence-electron chi connectivity index (χ0n) is 24.7. The fourth-order valence-electron chi connectivity index (χ4n) is 4.97. The van der Waals surface area contributed by atoms with Gasteiger partial charge >= 0.3 is 12.4 Å². The van der Waals surface area contributed by atoms with E-state index >= 15 is 0 Å². The molecule has 0 saturated carbocycles. The molecule has 0 N–H and O–H groups in total. The number of benzene rings is 3. The quantitative estimate of drug-likeness (QED) is 0.193. The Labute approximate surface area is 264 Å². The summed E-state index contributed by atoms with van der Waals surface area (Å²) in [6.07, 6.45) is -11.4. The number of halogens is 7. The van der Waals surface area contributed by atoms with Crippen molar-refractivity contribution in [3.8, 4) is 0 Å². The average molecular weight is 688 g/mol. The summed E-state index contributed by atoms with van der Waals surface area (Å²) in [5.41, 5.74) is -1.74. The monoisotopic (exact) mass is 687 g/mol. The van der Waals surface area contributed by atoms with Gasteiger partial charge in [-0.05, 0) is 72.1 Å². The van der Waals surface area contributed by atoms with Crippen molar-refractivity contribution in [3.05, 3.63) is 100 Å². The molecule has 1 aromatic heterocycles. The van der Waals surface area contributed by atoms with E-state index in [0.717, 1.165) is 10.4 Å². The highest BCUT2D eigenvalue weighted by Crippen LogP contribution is 2.37.